The van der Waals surface area contributed by atoms with E-state index in [2.05, 4.69) is 11.9 Å². The Labute approximate surface area is 172 Å². The van der Waals surface area contributed by atoms with Crippen LogP contribution in [0.3, 0.4) is 0 Å². The maximum absolute atomic E-state index is 13.2. The van der Waals surface area contributed by atoms with Crippen LogP contribution in [0.25, 0.3) is 21.3 Å². The molecule has 0 aliphatic carbocycles. The number of piperidine rings is 1. The van der Waals surface area contributed by atoms with Crippen molar-refractivity contribution in [2.45, 2.75) is 45.2 Å². The van der Waals surface area contributed by atoms with Gasteiger partial charge in [-0.05, 0) is 43.4 Å². The van der Waals surface area contributed by atoms with Crippen molar-refractivity contribution >= 4 is 39.1 Å². The smallest absolute Gasteiger partial charge is 0.263 e. The van der Waals surface area contributed by atoms with Crippen molar-refractivity contribution in [1.29, 1.82) is 0 Å². The van der Waals surface area contributed by atoms with Gasteiger partial charge in [0.2, 0.25) is 5.91 Å². The van der Waals surface area contributed by atoms with Gasteiger partial charge in [0.05, 0.1) is 11.7 Å². The van der Waals surface area contributed by atoms with E-state index in [9.17, 15) is 9.59 Å². The van der Waals surface area contributed by atoms with Gasteiger partial charge in [-0.2, -0.15) is 0 Å². The molecule has 0 N–H and O–H groups in total. The zero-order chi connectivity index (χ0) is 19.7. The summed E-state index contributed by atoms with van der Waals surface area (Å²) in [6.07, 6.45) is 5.67. The number of carbonyl (C=O) groups excluding carboxylic acids is 1. The van der Waals surface area contributed by atoms with Crippen molar-refractivity contribution in [2.75, 3.05) is 6.54 Å². The second-order valence-corrected chi connectivity index (χ2v) is 8.45. The van der Waals surface area contributed by atoms with E-state index in [1.165, 1.54) is 22.2 Å². The first-order valence-corrected chi connectivity index (χ1v) is 10.9. The van der Waals surface area contributed by atoms with Crippen LogP contribution in [0.1, 0.15) is 32.6 Å². The molecule has 7 heteroatoms. The lowest BCUT2D eigenvalue weighted by Gasteiger charge is -2.35. The highest BCUT2D eigenvalue weighted by molar-refractivity contribution is 7.17. The number of aromatic nitrogens is 2. The van der Waals surface area contributed by atoms with Gasteiger partial charge in [-0.1, -0.05) is 30.7 Å². The Morgan fingerprint density at radius 2 is 2.07 bits per heavy atom. The molecule has 1 aliphatic heterocycles. The summed E-state index contributed by atoms with van der Waals surface area (Å²) in [5.41, 5.74) is 1.58. The molecule has 1 atom stereocenters. The van der Waals surface area contributed by atoms with Crippen LogP contribution >= 0.6 is 22.9 Å². The summed E-state index contributed by atoms with van der Waals surface area (Å²) >= 11 is 7.42. The number of rotatable bonds is 4. The standard InChI is InChI=1S/C21H22ClN3O2S/c1-2-16-5-3-4-10-25(16)18(26)11-24-13-23-20-19(21(24)27)17(12-28-20)14-6-8-15(22)9-7-14/h6-9,12-13,16H,2-5,10-11H2,1H3/t16-/m0/s1. The number of hydrogen-bond donors (Lipinski definition) is 0. The predicted molar refractivity (Wildman–Crippen MR) is 114 cm³/mol. The SMILES string of the molecule is CC[C@H]1CCCCN1C(=O)Cn1cnc2scc(-c3ccc(Cl)cc3)c2c1=O. The molecule has 28 heavy (non-hydrogen) atoms. The summed E-state index contributed by atoms with van der Waals surface area (Å²) in [4.78, 5) is 33.1. The van der Waals surface area contributed by atoms with Gasteiger partial charge in [0.1, 0.15) is 11.4 Å². The van der Waals surface area contributed by atoms with Crippen LogP contribution in [-0.2, 0) is 11.3 Å². The fourth-order valence-corrected chi connectivity index (χ4v) is 4.94. The van der Waals surface area contributed by atoms with Gasteiger partial charge in [-0.25, -0.2) is 4.98 Å². The minimum Gasteiger partial charge on any atom is -0.338 e. The van der Waals surface area contributed by atoms with Gasteiger partial charge in [0.15, 0.2) is 0 Å². The second-order valence-electron chi connectivity index (χ2n) is 7.16. The molecule has 2 aromatic heterocycles. The largest absolute Gasteiger partial charge is 0.338 e. The number of amides is 1. The predicted octanol–water partition coefficient (Wildman–Crippen LogP) is 4.57. The third kappa shape index (κ3) is 3.59. The number of hydrogen-bond acceptors (Lipinski definition) is 4. The Kier molecular flexibility index (Phi) is 5.51. The maximum atomic E-state index is 13.2. The molecule has 0 radical (unpaired) electrons. The quantitative estimate of drug-likeness (QED) is 0.627. The minimum absolute atomic E-state index is 0.00178. The van der Waals surface area contributed by atoms with E-state index in [1.807, 2.05) is 22.4 Å². The third-order valence-electron chi connectivity index (χ3n) is 5.44. The fourth-order valence-electron chi connectivity index (χ4n) is 3.91. The minimum atomic E-state index is -0.172. The summed E-state index contributed by atoms with van der Waals surface area (Å²) in [6.45, 7) is 2.92. The van der Waals surface area contributed by atoms with E-state index < -0.39 is 0 Å². The number of thiophene rings is 1. The van der Waals surface area contributed by atoms with Gasteiger partial charge < -0.3 is 4.90 Å². The van der Waals surface area contributed by atoms with Gasteiger partial charge in [-0.3, -0.25) is 14.2 Å². The molecule has 3 heterocycles. The van der Waals surface area contributed by atoms with Crippen LogP contribution < -0.4 is 5.56 Å². The van der Waals surface area contributed by atoms with Crippen molar-refractivity contribution in [3.63, 3.8) is 0 Å². The molecule has 1 aliphatic rings. The van der Waals surface area contributed by atoms with E-state index in [-0.39, 0.29) is 24.1 Å². The normalized spacial score (nSPS) is 17.2. The highest BCUT2D eigenvalue weighted by atomic mass is 35.5. The zero-order valence-electron chi connectivity index (χ0n) is 15.7. The number of benzene rings is 1. The van der Waals surface area contributed by atoms with E-state index in [0.29, 0.717) is 15.2 Å². The van der Waals surface area contributed by atoms with E-state index >= 15 is 0 Å². The van der Waals surface area contributed by atoms with Gasteiger partial charge in [-0.15, -0.1) is 11.3 Å². The Morgan fingerprint density at radius 1 is 1.29 bits per heavy atom. The van der Waals surface area contributed by atoms with Crippen LogP contribution in [0.4, 0.5) is 0 Å². The van der Waals surface area contributed by atoms with Gasteiger partial charge in [0.25, 0.3) is 5.56 Å². The Morgan fingerprint density at radius 3 is 2.82 bits per heavy atom. The molecule has 1 saturated heterocycles. The van der Waals surface area contributed by atoms with Crippen molar-refractivity contribution in [3.05, 3.63) is 51.3 Å². The van der Waals surface area contributed by atoms with Crippen molar-refractivity contribution in [1.82, 2.24) is 14.5 Å². The lowest BCUT2D eigenvalue weighted by Crippen LogP contribution is -2.45. The van der Waals surface area contributed by atoms with E-state index in [1.54, 1.807) is 12.1 Å². The van der Waals surface area contributed by atoms with Crippen LogP contribution in [0, 0.1) is 0 Å². The average Bonchev–Trinajstić information content (AvgIpc) is 3.15. The van der Waals surface area contributed by atoms with Gasteiger partial charge >= 0.3 is 0 Å². The maximum Gasteiger partial charge on any atom is 0.263 e. The second kappa shape index (κ2) is 8.05. The fraction of sp³-hybridized carbons (Fsp3) is 0.381. The Bertz CT molecular complexity index is 1060. The van der Waals surface area contributed by atoms with Crippen LogP contribution in [0.5, 0.6) is 0 Å². The van der Waals surface area contributed by atoms with Crippen molar-refractivity contribution in [3.8, 4) is 11.1 Å². The van der Waals surface area contributed by atoms with E-state index in [4.69, 9.17) is 11.6 Å². The molecule has 4 rings (SSSR count). The van der Waals surface area contributed by atoms with Crippen LogP contribution in [-0.4, -0.2) is 32.9 Å². The average molecular weight is 416 g/mol. The first kappa shape index (κ1) is 19.2. The molecule has 1 amide bonds. The highest BCUT2D eigenvalue weighted by Gasteiger charge is 2.26. The summed E-state index contributed by atoms with van der Waals surface area (Å²) < 4.78 is 1.44. The molecule has 5 nitrogen and oxygen atoms in total. The lowest BCUT2D eigenvalue weighted by atomic mass is 10.00. The monoisotopic (exact) mass is 415 g/mol. The summed E-state index contributed by atoms with van der Waals surface area (Å²) in [5.74, 6) is -0.00178. The molecule has 1 aromatic carbocycles. The molecule has 0 spiro atoms. The lowest BCUT2D eigenvalue weighted by molar-refractivity contribution is -0.135. The Balaban J connectivity index is 1.68. The number of halogens is 1. The van der Waals surface area contributed by atoms with Crippen molar-refractivity contribution in [2.24, 2.45) is 0 Å². The molecule has 0 unspecified atom stereocenters. The summed E-state index contributed by atoms with van der Waals surface area (Å²) in [6, 6.07) is 7.68. The van der Waals surface area contributed by atoms with Crippen LogP contribution in [0.15, 0.2) is 40.8 Å². The molecule has 1 fully saturated rings. The third-order valence-corrected chi connectivity index (χ3v) is 6.58. The first-order chi connectivity index (χ1) is 13.6. The molecule has 0 bridgehead atoms. The van der Waals surface area contributed by atoms with Gasteiger partial charge in [0, 0.05) is 28.6 Å². The number of carbonyl (C=O) groups is 1. The van der Waals surface area contributed by atoms with Crippen molar-refractivity contribution < 1.29 is 4.79 Å². The highest BCUT2D eigenvalue weighted by Crippen LogP contribution is 2.31. The molecule has 146 valence electrons. The topological polar surface area (TPSA) is 55.2 Å². The molecule has 3 aromatic rings. The Hall–Kier alpha value is -2.18. The van der Waals surface area contributed by atoms with E-state index in [0.717, 1.165) is 43.4 Å². The molecular weight excluding hydrogens is 394 g/mol. The number of likely N-dealkylation sites (tertiary alicyclic amines) is 1. The first-order valence-electron chi connectivity index (χ1n) is 9.60. The van der Waals surface area contributed by atoms with Crippen LogP contribution in [0.2, 0.25) is 5.02 Å². The number of nitrogens with zero attached hydrogens (tertiary/aromatic N) is 3. The summed E-state index contributed by atoms with van der Waals surface area (Å²) in [7, 11) is 0. The molecular formula is C21H22ClN3O2S. The summed E-state index contributed by atoms with van der Waals surface area (Å²) in [5, 5.41) is 3.15. The number of fused-ring (bicyclic) bond motifs is 1. The zero-order valence-corrected chi connectivity index (χ0v) is 17.3. The molecule has 0 saturated carbocycles.